The van der Waals surface area contributed by atoms with E-state index in [0.29, 0.717) is 12.3 Å². The third kappa shape index (κ3) is 5.19. The Hall–Kier alpha value is -0.610. The van der Waals surface area contributed by atoms with Crippen LogP contribution in [0.4, 0.5) is 0 Å². The van der Waals surface area contributed by atoms with Crippen molar-refractivity contribution < 1.29 is 9.90 Å². The molecule has 0 aliphatic rings. The number of nitrogens with one attached hydrogen (secondary N) is 1. The smallest absolute Gasteiger partial charge is 0.237 e. The van der Waals surface area contributed by atoms with Gasteiger partial charge in [0.25, 0.3) is 0 Å². The average Bonchev–Trinajstić information content (AvgIpc) is 2.02. The minimum Gasteiger partial charge on any atom is -0.394 e. The molecule has 0 radical (unpaired) electrons. The highest BCUT2D eigenvalue weighted by Crippen LogP contribution is 2.05. The Bertz CT molecular complexity index is 191. The van der Waals surface area contributed by atoms with Crippen LogP contribution in [0.15, 0.2) is 0 Å². The SMILES string of the molecule is CC(C)C[C@H](N)C(=O)NC(C)(C)CO. The van der Waals surface area contributed by atoms with E-state index in [9.17, 15) is 4.79 Å². The molecule has 0 spiro atoms. The van der Waals surface area contributed by atoms with Crippen molar-refractivity contribution in [3.8, 4) is 0 Å². The van der Waals surface area contributed by atoms with Gasteiger partial charge in [0.1, 0.15) is 0 Å². The molecule has 0 aliphatic heterocycles. The zero-order valence-electron chi connectivity index (χ0n) is 9.50. The summed E-state index contributed by atoms with van der Waals surface area (Å²) in [6, 6.07) is -0.485. The molecule has 14 heavy (non-hydrogen) atoms. The quantitative estimate of drug-likeness (QED) is 0.598. The highest BCUT2D eigenvalue weighted by molar-refractivity contribution is 5.82. The first-order chi connectivity index (χ1) is 6.28. The molecule has 4 nitrogen and oxygen atoms in total. The van der Waals surface area contributed by atoms with Crippen LogP contribution in [0.3, 0.4) is 0 Å². The molecule has 0 saturated carbocycles. The first-order valence-corrected chi connectivity index (χ1v) is 4.97. The minimum atomic E-state index is -0.592. The molecule has 0 fully saturated rings. The summed E-state index contributed by atoms with van der Waals surface area (Å²) in [7, 11) is 0. The maximum atomic E-state index is 11.5. The van der Waals surface area contributed by atoms with Gasteiger partial charge >= 0.3 is 0 Å². The Balaban J connectivity index is 4.08. The van der Waals surface area contributed by atoms with Crippen molar-refractivity contribution >= 4 is 5.91 Å². The molecule has 0 bridgehead atoms. The average molecular weight is 202 g/mol. The lowest BCUT2D eigenvalue weighted by molar-refractivity contribution is -0.124. The van der Waals surface area contributed by atoms with E-state index in [0.717, 1.165) is 0 Å². The maximum absolute atomic E-state index is 11.5. The van der Waals surface area contributed by atoms with E-state index in [1.807, 2.05) is 13.8 Å². The molecule has 0 saturated heterocycles. The summed E-state index contributed by atoms with van der Waals surface area (Å²) in [6.07, 6.45) is 0.660. The number of rotatable bonds is 5. The lowest BCUT2D eigenvalue weighted by atomic mass is 10.0. The van der Waals surface area contributed by atoms with Gasteiger partial charge in [-0.2, -0.15) is 0 Å². The number of amides is 1. The molecule has 4 heteroatoms. The highest BCUT2D eigenvalue weighted by Gasteiger charge is 2.23. The molecule has 0 rings (SSSR count). The first kappa shape index (κ1) is 13.4. The number of hydrogen-bond donors (Lipinski definition) is 3. The van der Waals surface area contributed by atoms with Crippen LogP contribution >= 0.6 is 0 Å². The zero-order valence-corrected chi connectivity index (χ0v) is 9.50. The van der Waals surface area contributed by atoms with Gasteiger partial charge in [0.05, 0.1) is 18.2 Å². The zero-order chi connectivity index (χ0) is 11.4. The molecule has 4 N–H and O–H groups in total. The second kappa shape index (κ2) is 5.32. The molecule has 0 aromatic carbocycles. The molecule has 1 amide bonds. The van der Waals surface area contributed by atoms with E-state index >= 15 is 0 Å². The molecule has 84 valence electrons. The van der Waals surface area contributed by atoms with Gasteiger partial charge < -0.3 is 16.2 Å². The van der Waals surface area contributed by atoms with Crippen LogP contribution in [0.2, 0.25) is 0 Å². The van der Waals surface area contributed by atoms with Gasteiger partial charge in [-0.3, -0.25) is 4.79 Å². The Labute approximate surface area is 85.9 Å². The van der Waals surface area contributed by atoms with E-state index in [1.165, 1.54) is 0 Å². The molecule has 0 unspecified atom stereocenters. The van der Waals surface area contributed by atoms with Gasteiger partial charge in [0, 0.05) is 0 Å². The molecule has 0 aromatic heterocycles. The lowest BCUT2D eigenvalue weighted by Gasteiger charge is -2.25. The van der Waals surface area contributed by atoms with Gasteiger partial charge in [-0.1, -0.05) is 13.8 Å². The van der Waals surface area contributed by atoms with Crippen molar-refractivity contribution in [1.29, 1.82) is 0 Å². The molecule has 0 aliphatic carbocycles. The number of aliphatic hydroxyl groups excluding tert-OH is 1. The molecule has 0 heterocycles. The fourth-order valence-corrected chi connectivity index (χ4v) is 1.08. The predicted octanol–water partition coefficient (Wildman–Crippen LogP) is 0.247. The molecule has 1 atom stereocenters. The largest absolute Gasteiger partial charge is 0.394 e. The van der Waals surface area contributed by atoms with Crippen molar-refractivity contribution in [3.63, 3.8) is 0 Å². The summed E-state index contributed by atoms with van der Waals surface area (Å²) >= 11 is 0. The van der Waals surface area contributed by atoms with Gasteiger partial charge in [-0.05, 0) is 26.2 Å². The van der Waals surface area contributed by atoms with E-state index in [2.05, 4.69) is 5.32 Å². The normalized spacial score (nSPS) is 14.2. The Kier molecular flexibility index (Phi) is 5.08. The summed E-state index contributed by atoms with van der Waals surface area (Å²) < 4.78 is 0. The Morgan fingerprint density at radius 1 is 1.50 bits per heavy atom. The van der Waals surface area contributed by atoms with E-state index in [4.69, 9.17) is 10.8 Å². The van der Waals surface area contributed by atoms with Gasteiger partial charge in [0.15, 0.2) is 0 Å². The standard InChI is InChI=1S/C10H22N2O2/c1-7(2)5-8(11)9(14)12-10(3,4)6-13/h7-8,13H,5-6,11H2,1-4H3,(H,12,14)/t8-/m0/s1. The topological polar surface area (TPSA) is 75.4 Å². The number of hydrogen-bond acceptors (Lipinski definition) is 3. The number of nitrogens with two attached hydrogens (primary N) is 1. The molecule has 0 aromatic rings. The fraction of sp³-hybridized carbons (Fsp3) is 0.900. The summed E-state index contributed by atoms with van der Waals surface area (Å²) in [6.45, 7) is 7.46. The van der Waals surface area contributed by atoms with Crippen LogP contribution < -0.4 is 11.1 Å². The highest BCUT2D eigenvalue weighted by atomic mass is 16.3. The number of aliphatic hydroxyl groups is 1. The number of carbonyl (C=O) groups is 1. The van der Waals surface area contributed by atoms with Crippen molar-refractivity contribution in [2.24, 2.45) is 11.7 Å². The van der Waals surface area contributed by atoms with Crippen LogP contribution in [0.5, 0.6) is 0 Å². The summed E-state index contributed by atoms with van der Waals surface area (Å²) in [4.78, 5) is 11.5. The van der Waals surface area contributed by atoms with E-state index in [1.54, 1.807) is 13.8 Å². The predicted molar refractivity (Wildman–Crippen MR) is 56.7 cm³/mol. The minimum absolute atomic E-state index is 0.0901. The van der Waals surface area contributed by atoms with Gasteiger partial charge in [0.2, 0.25) is 5.91 Å². The third-order valence-corrected chi connectivity index (χ3v) is 1.92. The molecular formula is C10H22N2O2. The van der Waals surface area contributed by atoms with Crippen LogP contribution in [-0.2, 0) is 4.79 Å². The monoisotopic (exact) mass is 202 g/mol. The van der Waals surface area contributed by atoms with Crippen molar-refractivity contribution in [3.05, 3.63) is 0 Å². The van der Waals surface area contributed by atoms with Crippen LogP contribution in [-0.4, -0.2) is 29.2 Å². The number of carbonyl (C=O) groups excluding carboxylic acids is 1. The first-order valence-electron chi connectivity index (χ1n) is 4.97. The van der Waals surface area contributed by atoms with Crippen molar-refractivity contribution in [2.45, 2.75) is 45.7 Å². The van der Waals surface area contributed by atoms with Gasteiger partial charge in [-0.15, -0.1) is 0 Å². The third-order valence-electron chi connectivity index (χ3n) is 1.92. The summed E-state index contributed by atoms with van der Waals surface area (Å²) in [5.41, 5.74) is 5.09. The van der Waals surface area contributed by atoms with E-state index < -0.39 is 11.6 Å². The van der Waals surface area contributed by atoms with Crippen LogP contribution in [0.25, 0.3) is 0 Å². The Morgan fingerprint density at radius 3 is 2.36 bits per heavy atom. The van der Waals surface area contributed by atoms with Crippen molar-refractivity contribution in [2.75, 3.05) is 6.61 Å². The van der Waals surface area contributed by atoms with Gasteiger partial charge in [-0.25, -0.2) is 0 Å². The lowest BCUT2D eigenvalue weighted by Crippen LogP contribution is -2.52. The summed E-state index contributed by atoms with van der Waals surface area (Å²) in [5.74, 6) is 0.200. The van der Waals surface area contributed by atoms with Crippen LogP contribution in [0, 0.1) is 5.92 Å². The maximum Gasteiger partial charge on any atom is 0.237 e. The summed E-state index contributed by atoms with van der Waals surface area (Å²) in [5, 5.41) is 11.6. The second-order valence-corrected chi connectivity index (χ2v) is 4.77. The van der Waals surface area contributed by atoms with E-state index in [-0.39, 0.29) is 12.5 Å². The Morgan fingerprint density at radius 2 is 2.00 bits per heavy atom. The van der Waals surface area contributed by atoms with Crippen molar-refractivity contribution in [1.82, 2.24) is 5.32 Å². The second-order valence-electron chi connectivity index (χ2n) is 4.77. The molecular weight excluding hydrogens is 180 g/mol. The fourth-order valence-electron chi connectivity index (χ4n) is 1.08. The van der Waals surface area contributed by atoms with Crippen LogP contribution in [0.1, 0.15) is 34.1 Å².